The van der Waals surface area contributed by atoms with Gasteiger partial charge in [0.2, 0.25) is 0 Å². The summed E-state index contributed by atoms with van der Waals surface area (Å²) < 4.78 is 1.44. The molecule has 3 rings (SSSR count). The first-order valence-electron chi connectivity index (χ1n) is 7.05. The molecule has 1 saturated carbocycles. The number of hydrogen-bond donors (Lipinski definition) is 1. The molecule has 1 heterocycles. The van der Waals surface area contributed by atoms with Crippen molar-refractivity contribution >= 4 is 47.4 Å². The second kappa shape index (κ2) is 8.79. The number of hydrogen-bond acceptors (Lipinski definition) is 2. The molecule has 2 nitrogen and oxygen atoms in total. The normalized spacial score (nSPS) is 21.2. The van der Waals surface area contributed by atoms with Crippen LogP contribution in [0.5, 0.6) is 0 Å². The molecule has 114 valence electrons. The van der Waals surface area contributed by atoms with Crippen LogP contribution in [0, 0.1) is 9.49 Å². The summed E-state index contributed by atoms with van der Waals surface area (Å²) in [5.74, 6) is 0.888. The van der Waals surface area contributed by atoms with E-state index in [2.05, 4.69) is 57.1 Å². The standard InChI is InChI=1S/C15H21IN2.2ClH/c16-14-7-2-1-6-13(14)15(12-4-3-5-12)18-10-8-17-9-11-18;;/h1-2,6-7,12,15,17H,3-5,8-11H2;2*1H/t15-;;/m0../s1. The van der Waals surface area contributed by atoms with E-state index in [0.29, 0.717) is 6.04 Å². The van der Waals surface area contributed by atoms with Crippen molar-refractivity contribution in [2.45, 2.75) is 25.3 Å². The van der Waals surface area contributed by atoms with Gasteiger partial charge in [-0.05, 0) is 53.0 Å². The minimum absolute atomic E-state index is 0. The Labute approximate surface area is 148 Å². The Bertz CT molecular complexity index is 407. The molecule has 0 radical (unpaired) electrons. The Morgan fingerprint density at radius 1 is 1.10 bits per heavy atom. The maximum absolute atomic E-state index is 3.47. The fraction of sp³-hybridized carbons (Fsp3) is 0.600. The van der Waals surface area contributed by atoms with Crippen LogP contribution in [0.25, 0.3) is 0 Å². The van der Waals surface area contributed by atoms with Gasteiger partial charge in [0, 0.05) is 35.8 Å². The first-order valence-corrected chi connectivity index (χ1v) is 8.13. The highest BCUT2D eigenvalue weighted by atomic mass is 127. The molecule has 0 aromatic heterocycles. The molecule has 0 amide bonds. The van der Waals surface area contributed by atoms with Crippen LogP contribution in [0.4, 0.5) is 0 Å². The zero-order valence-electron chi connectivity index (χ0n) is 11.6. The van der Waals surface area contributed by atoms with Crippen LogP contribution in [0.1, 0.15) is 30.9 Å². The third kappa shape index (κ3) is 4.01. The summed E-state index contributed by atoms with van der Waals surface area (Å²) in [6.45, 7) is 4.69. The molecule has 5 heteroatoms. The highest BCUT2D eigenvalue weighted by Gasteiger charge is 2.34. The number of rotatable bonds is 3. The molecular formula is C15H23Cl2IN2. The van der Waals surface area contributed by atoms with Gasteiger partial charge in [-0.25, -0.2) is 0 Å². The lowest BCUT2D eigenvalue weighted by molar-refractivity contribution is 0.0832. The van der Waals surface area contributed by atoms with Gasteiger partial charge in [-0.2, -0.15) is 0 Å². The van der Waals surface area contributed by atoms with Crippen LogP contribution < -0.4 is 5.32 Å². The second-order valence-corrected chi connectivity index (χ2v) is 6.61. The summed E-state index contributed by atoms with van der Waals surface area (Å²) in [5, 5.41) is 3.47. The molecule has 1 aliphatic carbocycles. The Hall–Kier alpha value is 0.450. The topological polar surface area (TPSA) is 15.3 Å². The molecule has 2 fully saturated rings. The van der Waals surface area contributed by atoms with E-state index in [-0.39, 0.29) is 24.8 Å². The average Bonchev–Trinajstić information content (AvgIpc) is 2.36. The Morgan fingerprint density at radius 2 is 1.75 bits per heavy atom. The van der Waals surface area contributed by atoms with Crippen LogP contribution in [0.15, 0.2) is 24.3 Å². The van der Waals surface area contributed by atoms with Crippen molar-refractivity contribution < 1.29 is 0 Å². The Balaban J connectivity index is 0.000001000. The summed E-state index contributed by atoms with van der Waals surface area (Å²) in [6, 6.07) is 9.61. The van der Waals surface area contributed by atoms with E-state index < -0.39 is 0 Å². The smallest absolute Gasteiger partial charge is 0.0387 e. The van der Waals surface area contributed by atoms with Gasteiger partial charge < -0.3 is 5.32 Å². The van der Waals surface area contributed by atoms with Crippen LogP contribution >= 0.6 is 47.4 Å². The van der Waals surface area contributed by atoms with E-state index >= 15 is 0 Å². The fourth-order valence-corrected chi connectivity index (χ4v) is 3.89. The van der Waals surface area contributed by atoms with Crippen molar-refractivity contribution in [3.8, 4) is 0 Å². The SMILES string of the molecule is Cl.Cl.Ic1ccccc1[C@H](C1CCC1)N1CCNCC1. The average molecular weight is 429 g/mol. The molecule has 1 aliphatic heterocycles. The molecular weight excluding hydrogens is 406 g/mol. The Morgan fingerprint density at radius 3 is 2.30 bits per heavy atom. The van der Waals surface area contributed by atoms with E-state index in [1.165, 1.54) is 35.9 Å². The second-order valence-electron chi connectivity index (χ2n) is 5.44. The first kappa shape index (κ1) is 18.5. The minimum Gasteiger partial charge on any atom is -0.314 e. The monoisotopic (exact) mass is 428 g/mol. The summed E-state index contributed by atoms with van der Waals surface area (Å²) in [4.78, 5) is 2.71. The van der Waals surface area contributed by atoms with E-state index in [1.54, 1.807) is 5.56 Å². The highest BCUT2D eigenvalue weighted by Crippen LogP contribution is 2.42. The van der Waals surface area contributed by atoms with Crippen LogP contribution in [-0.2, 0) is 0 Å². The number of halogens is 3. The molecule has 20 heavy (non-hydrogen) atoms. The molecule has 1 atom stereocenters. The predicted octanol–water partition coefficient (Wildman–Crippen LogP) is 3.88. The van der Waals surface area contributed by atoms with Crippen molar-refractivity contribution in [2.24, 2.45) is 5.92 Å². The number of nitrogens with one attached hydrogen (secondary N) is 1. The van der Waals surface area contributed by atoms with Gasteiger partial charge in [0.15, 0.2) is 0 Å². The van der Waals surface area contributed by atoms with Crippen molar-refractivity contribution in [2.75, 3.05) is 26.2 Å². The van der Waals surface area contributed by atoms with E-state index in [0.717, 1.165) is 19.0 Å². The lowest BCUT2D eigenvalue weighted by atomic mass is 9.76. The summed E-state index contributed by atoms with van der Waals surface area (Å²) in [6.07, 6.45) is 4.26. The molecule has 2 aliphatic rings. The molecule has 0 spiro atoms. The predicted molar refractivity (Wildman–Crippen MR) is 98.2 cm³/mol. The Kier molecular flexibility index (Phi) is 8.13. The highest BCUT2D eigenvalue weighted by molar-refractivity contribution is 14.1. The van der Waals surface area contributed by atoms with Crippen LogP contribution in [0.3, 0.4) is 0 Å². The summed E-state index contributed by atoms with van der Waals surface area (Å²) in [5.41, 5.74) is 1.56. The van der Waals surface area contributed by atoms with Crippen molar-refractivity contribution in [1.29, 1.82) is 0 Å². The van der Waals surface area contributed by atoms with Gasteiger partial charge in [0.05, 0.1) is 0 Å². The minimum atomic E-state index is 0. The van der Waals surface area contributed by atoms with Gasteiger partial charge >= 0.3 is 0 Å². The van der Waals surface area contributed by atoms with Crippen LogP contribution in [-0.4, -0.2) is 31.1 Å². The third-order valence-corrected chi connectivity index (χ3v) is 5.35. The quantitative estimate of drug-likeness (QED) is 0.735. The van der Waals surface area contributed by atoms with Gasteiger partial charge in [-0.3, -0.25) is 4.90 Å². The zero-order valence-corrected chi connectivity index (χ0v) is 15.3. The molecule has 0 unspecified atom stereocenters. The van der Waals surface area contributed by atoms with E-state index in [1.807, 2.05) is 0 Å². The maximum Gasteiger partial charge on any atom is 0.0387 e. The van der Waals surface area contributed by atoms with E-state index in [9.17, 15) is 0 Å². The number of benzene rings is 1. The number of nitrogens with zero attached hydrogens (tertiary/aromatic N) is 1. The van der Waals surface area contributed by atoms with Crippen LogP contribution in [0.2, 0.25) is 0 Å². The molecule has 1 N–H and O–H groups in total. The zero-order chi connectivity index (χ0) is 12.4. The fourth-order valence-electron chi connectivity index (χ4n) is 3.18. The van der Waals surface area contributed by atoms with Crippen molar-refractivity contribution in [3.63, 3.8) is 0 Å². The lowest BCUT2D eigenvalue weighted by Gasteiger charge is -2.43. The van der Waals surface area contributed by atoms with Crippen molar-refractivity contribution in [3.05, 3.63) is 33.4 Å². The third-order valence-electron chi connectivity index (χ3n) is 4.37. The van der Waals surface area contributed by atoms with Gasteiger partial charge in [-0.15, -0.1) is 24.8 Å². The lowest BCUT2D eigenvalue weighted by Crippen LogP contribution is -2.48. The molecule has 1 aromatic rings. The largest absolute Gasteiger partial charge is 0.314 e. The van der Waals surface area contributed by atoms with Crippen molar-refractivity contribution in [1.82, 2.24) is 10.2 Å². The molecule has 1 aromatic carbocycles. The molecule has 0 bridgehead atoms. The van der Waals surface area contributed by atoms with Gasteiger partial charge in [-0.1, -0.05) is 24.6 Å². The summed E-state index contributed by atoms with van der Waals surface area (Å²) in [7, 11) is 0. The van der Waals surface area contributed by atoms with Gasteiger partial charge in [0.1, 0.15) is 0 Å². The maximum atomic E-state index is 3.47. The summed E-state index contributed by atoms with van der Waals surface area (Å²) >= 11 is 2.50. The first-order chi connectivity index (χ1) is 8.86. The number of piperazine rings is 1. The van der Waals surface area contributed by atoms with E-state index in [4.69, 9.17) is 0 Å². The molecule has 1 saturated heterocycles. The van der Waals surface area contributed by atoms with Gasteiger partial charge in [0.25, 0.3) is 0 Å².